The predicted octanol–water partition coefficient (Wildman–Crippen LogP) is 1.14. The van der Waals surface area contributed by atoms with Gasteiger partial charge in [-0.2, -0.15) is 13.2 Å². The monoisotopic (exact) mass is 299 g/mol. The van der Waals surface area contributed by atoms with Crippen LogP contribution in [0.15, 0.2) is 36.7 Å². The van der Waals surface area contributed by atoms with Gasteiger partial charge in [0, 0.05) is 6.42 Å². The van der Waals surface area contributed by atoms with E-state index in [4.69, 9.17) is 0 Å². The Labute approximate surface area is 118 Å². The van der Waals surface area contributed by atoms with E-state index >= 15 is 0 Å². The first-order chi connectivity index (χ1) is 9.96. The van der Waals surface area contributed by atoms with Gasteiger partial charge in [-0.25, -0.2) is 4.68 Å². The summed E-state index contributed by atoms with van der Waals surface area (Å²) in [7, 11) is 0. The first-order valence-corrected chi connectivity index (χ1v) is 6.06. The summed E-state index contributed by atoms with van der Waals surface area (Å²) in [5.74, 6) is -0.788. The number of carbonyl (C=O) groups excluding carboxylic acids is 1. The fourth-order valence-electron chi connectivity index (χ4n) is 1.76. The molecular formula is C12H12F3N5O. The van der Waals surface area contributed by atoms with E-state index in [2.05, 4.69) is 15.5 Å². The fourth-order valence-corrected chi connectivity index (χ4v) is 1.76. The van der Waals surface area contributed by atoms with Crippen LogP contribution in [-0.4, -0.2) is 38.8 Å². The van der Waals surface area contributed by atoms with Crippen molar-refractivity contribution in [2.75, 3.05) is 6.54 Å². The molecule has 1 aromatic heterocycles. The molecule has 0 saturated heterocycles. The number of tetrazole rings is 1. The first-order valence-electron chi connectivity index (χ1n) is 6.06. The summed E-state index contributed by atoms with van der Waals surface area (Å²) in [6, 6.07) is 7.96. The van der Waals surface area contributed by atoms with Crippen molar-refractivity contribution in [3.63, 3.8) is 0 Å². The maximum Gasteiger partial charge on any atom is 0.405 e. The summed E-state index contributed by atoms with van der Waals surface area (Å²) < 4.78 is 37.7. The van der Waals surface area contributed by atoms with Crippen molar-refractivity contribution in [1.29, 1.82) is 0 Å². The van der Waals surface area contributed by atoms with E-state index < -0.39 is 24.7 Å². The summed E-state index contributed by atoms with van der Waals surface area (Å²) in [5.41, 5.74) is 0.792. The third kappa shape index (κ3) is 4.55. The third-order valence-corrected chi connectivity index (χ3v) is 2.72. The largest absolute Gasteiger partial charge is 0.405 e. The molecule has 0 spiro atoms. The van der Waals surface area contributed by atoms with Gasteiger partial charge in [-0.1, -0.05) is 30.3 Å². The summed E-state index contributed by atoms with van der Waals surface area (Å²) in [5, 5.41) is 12.3. The van der Waals surface area contributed by atoms with Crippen LogP contribution in [0, 0.1) is 0 Å². The van der Waals surface area contributed by atoms with Gasteiger partial charge in [0.15, 0.2) is 0 Å². The predicted molar refractivity (Wildman–Crippen MR) is 66.1 cm³/mol. The standard InChI is InChI=1S/C12H12F3N5O/c13-12(14,15)7-16-11(21)10(20-8-17-18-19-20)6-9-4-2-1-3-5-9/h1-5,8,10H,6-7H2,(H,16,21)/t10-/m0/s1. The van der Waals surface area contributed by atoms with Gasteiger partial charge in [-0.15, -0.1) is 5.10 Å². The highest BCUT2D eigenvalue weighted by molar-refractivity contribution is 5.80. The molecule has 9 heteroatoms. The quantitative estimate of drug-likeness (QED) is 0.898. The molecule has 2 aromatic rings. The Hall–Kier alpha value is -2.45. The zero-order valence-electron chi connectivity index (χ0n) is 10.8. The molecule has 21 heavy (non-hydrogen) atoms. The zero-order valence-corrected chi connectivity index (χ0v) is 10.8. The van der Waals surface area contributed by atoms with Gasteiger partial charge < -0.3 is 5.32 Å². The van der Waals surface area contributed by atoms with Gasteiger partial charge in [-0.05, 0) is 16.0 Å². The Morgan fingerprint density at radius 1 is 1.29 bits per heavy atom. The number of carbonyl (C=O) groups is 1. The highest BCUT2D eigenvalue weighted by Gasteiger charge is 2.30. The lowest BCUT2D eigenvalue weighted by molar-refractivity contribution is -0.140. The van der Waals surface area contributed by atoms with E-state index in [1.165, 1.54) is 6.33 Å². The van der Waals surface area contributed by atoms with Crippen LogP contribution in [0.25, 0.3) is 0 Å². The van der Waals surface area contributed by atoms with Crippen molar-refractivity contribution >= 4 is 5.91 Å². The number of aromatic nitrogens is 4. The van der Waals surface area contributed by atoms with Crippen LogP contribution < -0.4 is 5.32 Å². The topological polar surface area (TPSA) is 72.7 Å². The first kappa shape index (κ1) is 14.9. The second kappa shape index (κ2) is 6.33. The van der Waals surface area contributed by atoms with Crippen LogP contribution in [0.4, 0.5) is 13.2 Å². The van der Waals surface area contributed by atoms with Crippen molar-refractivity contribution in [3.05, 3.63) is 42.2 Å². The second-order valence-electron chi connectivity index (χ2n) is 4.33. The molecule has 0 radical (unpaired) electrons. The van der Waals surface area contributed by atoms with Crippen molar-refractivity contribution < 1.29 is 18.0 Å². The van der Waals surface area contributed by atoms with E-state index in [0.29, 0.717) is 0 Å². The molecule has 1 atom stereocenters. The molecule has 0 aliphatic rings. The van der Waals surface area contributed by atoms with Gasteiger partial charge >= 0.3 is 6.18 Å². The molecule has 0 saturated carbocycles. The van der Waals surface area contributed by atoms with Crippen LogP contribution in [0.1, 0.15) is 11.6 Å². The van der Waals surface area contributed by atoms with Crippen molar-refractivity contribution in [1.82, 2.24) is 25.5 Å². The molecule has 0 aliphatic heterocycles. The molecular weight excluding hydrogens is 287 g/mol. The van der Waals surface area contributed by atoms with Crippen LogP contribution in [-0.2, 0) is 11.2 Å². The van der Waals surface area contributed by atoms with E-state index in [9.17, 15) is 18.0 Å². The number of nitrogens with zero attached hydrogens (tertiary/aromatic N) is 4. The lowest BCUT2D eigenvalue weighted by Gasteiger charge is -2.17. The highest BCUT2D eigenvalue weighted by atomic mass is 19.4. The minimum Gasteiger partial charge on any atom is -0.345 e. The van der Waals surface area contributed by atoms with Crippen LogP contribution in [0.2, 0.25) is 0 Å². The molecule has 112 valence electrons. The molecule has 0 aliphatic carbocycles. The molecule has 1 N–H and O–H groups in total. The maximum atomic E-state index is 12.2. The Morgan fingerprint density at radius 2 is 2.00 bits per heavy atom. The van der Waals surface area contributed by atoms with Crippen LogP contribution in [0.5, 0.6) is 0 Å². The summed E-state index contributed by atoms with van der Waals surface area (Å²) in [4.78, 5) is 12.0. The lowest BCUT2D eigenvalue weighted by atomic mass is 10.1. The third-order valence-electron chi connectivity index (χ3n) is 2.72. The minimum absolute atomic E-state index is 0.190. The highest BCUT2D eigenvalue weighted by Crippen LogP contribution is 2.16. The number of halogens is 3. The van der Waals surface area contributed by atoms with Gasteiger partial charge in [0.2, 0.25) is 5.91 Å². The maximum absolute atomic E-state index is 12.2. The Kier molecular flexibility index (Phi) is 4.51. The zero-order chi connectivity index (χ0) is 15.3. The average molecular weight is 299 g/mol. The van der Waals surface area contributed by atoms with E-state index in [0.717, 1.165) is 10.2 Å². The van der Waals surface area contributed by atoms with Crippen molar-refractivity contribution in [3.8, 4) is 0 Å². The van der Waals surface area contributed by atoms with Crippen LogP contribution in [0.3, 0.4) is 0 Å². The SMILES string of the molecule is O=C(NCC(F)(F)F)[C@H](Cc1ccccc1)n1cnnn1. The van der Waals surface area contributed by atoms with Gasteiger partial charge in [0.1, 0.15) is 18.9 Å². The van der Waals surface area contributed by atoms with Gasteiger partial charge in [-0.3, -0.25) is 4.79 Å². The Balaban J connectivity index is 2.11. The number of hydrogen-bond acceptors (Lipinski definition) is 4. The normalized spacial score (nSPS) is 12.9. The van der Waals surface area contributed by atoms with E-state index in [1.807, 2.05) is 5.32 Å². The molecule has 2 rings (SSSR count). The number of alkyl halides is 3. The number of rotatable bonds is 5. The van der Waals surface area contributed by atoms with Gasteiger partial charge in [0.05, 0.1) is 0 Å². The summed E-state index contributed by atoms with van der Waals surface area (Å²) >= 11 is 0. The number of benzene rings is 1. The van der Waals surface area contributed by atoms with Crippen molar-refractivity contribution in [2.45, 2.75) is 18.6 Å². The Morgan fingerprint density at radius 3 is 2.57 bits per heavy atom. The van der Waals surface area contributed by atoms with Crippen LogP contribution >= 0.6 is 0 Å². The molecule has 0 bridgehead atoms. The lowest BCUT2D eigenvalue weighted by Crippen LogP contribution is -2.39. The fraction of sp³-hybridized carbons (Fsp3) is 0.333. The van der Waals surface area contributed by atoms with E-state index in [-0.39, 0.29) is 6.42 Å². The number of nitrogens with one attached hydrogen (secondary N) is 1. The summed E-state index contributed by atoms with van der Waals surface area (Å²) in [6.45, 7) is -1.39. The van der Waals surface area contributed by atoms with Gasteiger partial charge in [0.25, 0.3) is 0 Å². The number of hydrogen-bond donors (Lipinski definition) is 1. The molecule has 1 amide bonds. The molecule has 1 heterocycles. The molecule has 6 nitrogen and oxygen atoms in total. The minimum atomic E-state index is -4.46. The summed E-state index contributed by atoms with van der Waals surface area (Å²) in [6.07, 6.45) is -3.08. The second-order valence-corrected chi connectivity index (χ2v) is 4.33. The average Bonchev–Trinajstić information content (AvgIpc) is 2.96. The smallest absolute Gasteiger partial charge is 0.345 e. The Bertz CT molecular complexity index is 570. The molecule has 0 fully saturated rings. The molecule has 0 unspecified atom stereocenters. The number of amides is 1. The van der Waals surface area contributed by atoms with E-state index in [1.54, 1.807) is 30.3 Å². The molecule has 1 aromatic carbocycles. The van der Waals surface area contributed by atoms with Crippen molar-refractivity contribution in [2.24, 2.45) is 0 Å².